The van der Waals surface area contributed by atoms with Gasteiger partial charge in [0.15, 0.2) is 9.84 Å². The van der Waals surface area contributed by atoms with Crippen molar-refractivity contribution in [3.8, 4) is 0 Å². The fraction of sp³-hybridized carbons (Fsp3) is 0.375. The molecule has 0 spiro atoms. The molecule has 0 unspecified atom stereocenters. The molecule has 140 valence electrons. The van der Waals surface area contributed by atoms with E-state index in [1.165, 1.54) is 15.8 Å². The monoisotopic (exact) mass is 416 g/mol. The SMILES string of the molecule is CS(=O)(=O)c1ccc(N2CC[NH+](Cc3ccc(Cl)s3)CC2)c([N+](=O)[O-])c1. The van der Waals surface area contributed by atoms with Crippen LogP contribution in [0.2, 0.25) is 4.34 Å². The lowest BCUT2D eigenvalue weighted by atomic mass is 10.2. The first-order valence-electron chi connectivity index (χ1n) is 8.05. The van der Waals surface area contributed by atoms with Crippen molar-refractivity contribution in [3.63, 3.8) is 0 Å². The Bertz CT molecular complexity index is 921. The molecule has 1 aliphatic heterocycles. The number of hydrogen-bond acceptors (Lipinski definition) is 6. The predicted octanol–water partition coefficient (Wildman–Crippen LogP) is 1.62. The van der Waals surface area contributed by atoms with Gasteiger partial charge >= 0.3 is 0 Å². The third-order valence-corrected chi connectivity index (χ3v) is 6.78. The van der Waals surface area contributed by atoms with Gasteiger partial charge in [0.25, 0.3) is 5.69 Å². The smallest absolute Gasteiger partial charge is 0.293 e. The van der Waals surface area contributed by atoms with E-state index in [9.17, 15) is 18.5 Å². The lowest BCUT2D eigenvalue weighted by molar-refractivity contribution is -0.914. The number of piperazine rings is 1. The Labute approximate surface area is 160 Å². The van der Waals surface area contributed by atoms with Gasteiger partial charge in [-0.25, -0.2) is 8.42 Å². The summed E-state index contributed by atoms with van der Waals surface area (Å²) in [6, 6.07) is 8.05. The third kappa shape index (κ3) is 4.35. The minimum atomic E-state index is -3.48. The van der Waals surface area contributed by atoms with Gasteiger partial charge in [0, 0.05) is 12.3 Å². The number of anilines is 1. The van der Waals surface area contributed by atoms with Gasteiger partial charge in [0.2, 0.25) is 0 Å². The minimum Gasteiger partial charge on any atom is -0.355 e. The number of thiophene rings is 1. The molecule has 1 fully saturated rings. The molecule has 0 aliphatic carbocycles. The second kappa shape index (κ2) is 7.51. The van der Waals surface area contributed by atoms with Gasteiger partial charge in [0.05, 0.1) is 45.2 Å². The molecule has 2 heterocycles. The van der Waals surface area contributed by atoms with Crippen LogP contribution in [-0.2, 0) is 16.4 Å². The number of benzene rings is 1. The summed E-state index contributed by atoms with van der Waals surface area (Å²) < 4.78 is 24.1. The molecule has 0 radical (unpaired) electrons. The van der Waals surface area contributed by atoms with Crippen LogP contribution in [0.5, 0.6) is 0 Å². The van der Waals surface area contributed by atoms with Crippen LogP contribution in [0.15, 0.2) is 35.2 Å². The van der Waals surface area contributed by atoms with E-state index >= 15 is 0 Å². The molecule has 26 heavy (non-hydrogen) atoms. The molecule has 3 rings (SSSR count). The minimum absolute atomic E-state index is 0.0354. The molecule has 0 bridgehead atoms. The number of rotatable bonds is 5. The zero-order valence-electron chi connectivity index (χ0n) is 14.1. The highest BCUT2D eigenvalue weighted by molar-refractivity contribution is 7.90. The first-order chi connectivity index (χ1) is 12.2. The number of halogens is 1. The third-order valence-electron chi connectivity index (χ3n) is 4.44. The zero-order chi connectivity index (χ0) is 18.9. The van der Waals surface area contributed by atoms with E-state index in [4.69, 9.17) is 11.6 Å². The van der Waals surface area contributed by atoms with Crippen molar-refractivity contribution in [1.82, 2.24) is 0 Å². The standard InChI is InChI=1S/C16H18ClN3O4S2/c1-26(23,24)13-3-4-14(15(10-13)20(21)22)19-8-6-18(7-9-19)11-12-2-5-16(17)25-12/h2-5,10H,6-9,11H2,1H3/p+1. The number of hydrogen-bond donors (Lipinski definition) is 1. The van der Waals surface area contributed by atoms with Crippen LogP contribution in [-0.4, -0.2) is 45.8 Å². The molecule has 10 heteroatoms. The second-order valence-electron chi connectivity index (χ2n) is 6.30. The van der Waals surface area contributed by atoms with Crippen molar-refractivity contribution in [3.05, 3.63) is 49.7 Å². The van der Waals surface area contributed by atoms with E-state index in [0.717, 1.165) is 36.3 Å². The average Bonchev–Trinajstić information content (AvgIpc) is 2.99. The number of nitrogens with one attached hydrogen (secondary N) is 1. The molecule has 2 aromatic rings. The molecule has 0 atom stereocenters. The average molecular weight is 417 g/mol. The highest BCUT2D eigenvalue weighted by atomic mass is 35.5. The Morgan fingerprint density at radius 1 is 1.27 bits per heavy atom. The van der Waals surface area contributed by atoms with E-state index in [2.05, 4.69) is 0 Å². The quantitative estimate of drug-likeness (QED) is 0.591. The summed E-state index contributed by atoms with van der Waals surface area (Å²) in [6.07, 6.45) is 1.05. The van der Waals surface area contributed by atoms with Crippen LogP contribution in [0.3, 0.4) is 0 Å². The van der Waals surface area contributed by atoms with Crippen LogP contribution in [0.1, 0.15) is 4.88 Å². The summed E-state index contributed by atoms with van der Waals surface area (Å²) in [5.74, 6) is 0. The van der Waals surface area contributed by atoms with Gasteiger partial charge in [-0.05, 0) is 24.3 Å². The van der Waals surface area contributed by atoms with Crippen LogP contribution in [0, 0.1) is 10.1 Å². The highest BCUT2D eigenvalue weighted by Crippen LogP contribution is 2.31. The van der Waals surface area contributed by atoms with Crippen LogP contribution in [0.25, 0.3) is 0 Å². The molecule has 1 aromatic heterocycles. The summed E-state index contributed by atoms with van der Waals surface area (Å²) in [5.41, 5.74) is 0.307. The number of nitrogens with zero attached hydrogens (tertiary/aromatic N) is 2. The largest absolute Gasteiger partial charge is 0.355 e. The molecule has 0 amide bonds. The maximum atomic E-state index is 11.7. The topological polar surface area (TPSA) is 85.0 Å². The van der Waals surface area contributed by atoms with Gasteiger partial charge in [-0.2, -0.15) is 0 Å². The number of nitro groups is 1. The molecular weight excluding hydrogens is 398 g/mol. The summed E-state index contributed by atoms with van der Waals surface area (Å²) in [7, 11) is -3.48. The van der Waals surface area contributed by atoms with E-state index in [1.54, 1.807) is 17.4 Å². The van der Waals surface area contributed by atoms with Crippen LogP contribution < -0.4 is 9.80 Å². The Morgan fingerprint density at radius 3 is 2.50 bits per heavy atom. The molecule has 1 aromatic carbocycles. The summed E-state index contributed by atoms with van der Waals surface area (Å²) in [4.78, 5) is 15.4. The van der Waals surface area contributed by atoms with Gasteiger partial charge < -0.3 is 9.80 Å². The van der Waals surface area contributed by atoms with Crippen molar-refractivity contribution in [2.24, 2.45) is 0 Å². The fourth-order valence-electron chi connectivity index (χ4n) is 3.08. The molecule has 0 saturated carbocycles. The predicted molar refractivity (Wildman–Crippen MR) is 102 cm³/mol. The fourth-order valence-corrected chi connectivity index (χ4v) is 4.88. The van der Waals surface area contributed by atoms with Crippen LogP contribution in [0.4, 0.5) is 11.4 Å². The normalized spacial score (nSPS) is 16.0. The zero-order valence-corrected chi connectivity index (χ0v) is 16.5. The Balaban J connectivity index is 1.73. The second-order valence-corrected chi connectivity index (χ2v) is 10.1. The highest BCUT2D eigenvalue weighted by Gasteiger charge is 2.27. The summed E-state index contributed by atoms with van der Waals surface area (Å²) >= 11 is 7.54. The van der Waals surface area contributed by atoms with Crippen molar-refractivity contribution in [1.29, 1.82) is 0 Å². The molecule has 1 saturated heterocycles. The number of nitro benzene ring substituents is 1. The van der Waals surface area contributed by atoms with Crippen molar-refractivity contribution in [2.45, 2.75) is 11.4 Å². The van der Waals surface area contributed by atoms with E-state index in [-0.39, 0.29) is 10.6 Å². The maximum Gasteiger partial charge on any atom is 0.293 e. The van der Waals surface area contributed by atoms with Gasteiger partial charge in [-0.1, -0.05) is 11.6 Å². The summed E-state index contributed by atoms with van der Waals surface area (Å²) in [6.45, 7) is 3.93. The van der Waals surface area contributed by atoms with Gasteiger partial charge in [-0.15, -0.1) is 11.3 Å². The van der Waals surface area contributed by atoms with E-state index in [0.29, 0.717) is 18.8 Å². The van der Waals surface area contributed by atoms with Gasteiger partial charge in [-0.3, -0.25) is 10.1 Å². The lowest BCUT2D eigenvalue weighted by Crippen LogP contribution is -3.13. The molecule has 1 aliphatic rings. The lowest BCUT2D eigenvalue weighted by Gasteiger charge is -2.33. The molecule has 1 N–H and O–H groups in total. The van der Waals surface area contributed by atoms with Gasteiger partial charge in [0.1, 0.15) is 12.2 Å². The summed E-state index contributed by atoms with van der Waals surface area (Å²) in [5, 5.41) is 11.4. The van der Waals surface area contributed by atoms with E-state index in [1.807, 2.05) is 17.0 Å². The Hall–Kier alpha value is -1.68. The molecule has 7 nitrogen and oxygen atoms in total. The number of sulfone groups is 1. The maximum absolute atomic E-state index is 11.7. The molecular formula is C16H19ClN3O4S2+. The van der Waals surface area contributed by atoms with Crippen molar-refractivity contribution in [2.75, 3.05) is 37.3 Å². The first-order valence-corrected chi connectivity index (χ1v) is 11.1. The van der Waals surface area contributed by atoms with E-state index < -0.39 is 14.8 Å². The van der Waals surface area contributed by atoms with Crippen molar-refractivity contribution < 1.29 is 18.2 Å². The van der Waals surface area contributed by atoms with Crippen molar-refractivity contribution >= 4 is 44.1 Å². The number of quaternary nitrogens is 1. The Morgan fingerprint density at radius 2 is 1.96 bits per heavy atom. The Kier molecular flexibility index (Phi) is 5.52. The first kappa shape index (κ1) is 19.1. The van der Waals surface area contributed by atoms with Crippen LogP contribution >= 0.6 is 22.9 Å².